The van der Waals surface area contributed by atoms with E-state index in [0.29, 0.717) is 21.1 Å². The molecule has 0 aliphatic heterocycles. The molecule has 2 amide bonds. The van der Waals surface area contributed by atoms with Gasteiger partial charge in [-0.25, -0.2) is 4.79 Å². The van der Waals surface area contributed by atoms with Crippen molar-refractivity contribution < 1.29 is 23.5 Å². The number of ether oxygens (including phenoxy) is 1. The first-order valence-corrected chi connectivity index (χ1v) is 8.74. The zero-order valence-electron chi connectivity index (χ0n) is 14.6. The first kappa shape index (κ1) is 18.4. The Bertz CT molecular complexity index is 974. The summed E-state index contributed by atoms with van der Waals surface area (Å²) in [5, 5.41) is 6.01. The van der Waals surface area contributed by atoms with Crippen LogP contribution in [0.5, 0.6) is 0 Å². The summed E-state index contributed by atoms with van der Waals surface area (Å²) < 4.78 is 9.68. The zero-order chi connectivity index (χ0) is 19.4. The van der Waals surface area contributed by atoms with E-state index in [4.69, 9.17) is 4.42 Å². The third-order valence-electron chi connectivity index (χ3n) is 3.67. The minimum atomic E-state index is -0.445. The Morgan fingerprint density at radius 1 is 1.04 bits per heavy atom. The number of hydrogen-bond donors (Lipinski definition) is 2. The Morgan fingerprint density at radius 3 is 2.41 bits per heavy atom. The first-order valence-electron chi connectivity index (χ1n) is 7.93. The second-order valence-electron chi connectivity index (χ2n) is 5.58. The minimum Gasteiger partial charge on any atom is -0.465 e. The summed E-state index contributed by atoms with van der Waals surface area (Å²) >= 11 is 1.16. The largest absolute Gasteiger partial charge is 0.465 e. The molecule has 0 bridgehead atoms. The van der Waals surface area contributed by atoms with Crippen LogP contribution in [0.4, 0.5) is 10.7 Å². The highest BCUT2D eigenvalue weighted by Crippen LogP contribution is 2.28. The predicted molar refractivity (Wildman–Crippen MR) is 101 cm³/mol. The fourth-order valence-electron chi connectivity index (χ4n) is 2.35. The second kappa shape index (κ2) is 7.88. The van der Waals surface area contributed by atoms with Crippen LogP contribution in [0, 0.1) is 6.92 Å². The molecule has 1 aromatic carbocycles. The highest BCUT2D eigenvalue weighted by Gasteiger charge is 2.17. The van der Waals surface area contributed by atoms with Crippen molar-refractivity contribution in [2.45, 2.75) is 6.92 Å². The summed E-state index contributed by atoms with van der Waals surface area (Å²) in [6.07, 6.45) is 1.42. The Morgan fingerprint density at radius 2 is 1.78 bits per heavy atom. The van der Waals surface area contributed by atoms with Crippen molar-refractivity contribution in [1.82, 2.24) is 0 Å². The number of amides is 2. The topological polar surface area (TPSA) is 97.6 Å². The van der Waals surface area contributed by atoms with Gasteiger partial charge in [-0.05, 0) is 55.0 Å². The summed E-state index contributed by atoms with van der Waals surface area (Å²) in [6.45, 7) is 1.79. The van der Waals surface area contributed by atoms with Gasteiger partial charge in [-0.3, -0.25) is 9.59 Å². The lowest BCUT2D eigenvalue weighted by Gasteiger charge is -2.05. The molecule has 2 aromatic heterocycles. The molecule has 2 N–H and O–H groups in total. The van der Waals surface area contributed by atoms with Gasteiger partial charge in [0.25, 0.3) is 11.8 Å². The highest BCUT2D eigenvalue weighted by atomic mass is 32.1. The number of methoxy groups -OCH3 is 1. The van der Waals surface area contributed by atoms with E-state index in [1.54, 1.807) is 49.4 Å². The molecule has 0 saturated heterocycles. The molecule has 0 saturated carbocycles. The van der Waals surface area contributed by atoms with Gasteiger partial charge in [0.15, 0.2) is 5.76 Å². The second-order valence-corrected chi connectivity index (χ2v) is 6.63. The number of benzene rings is 1. The van der Waals surface area contributed by atoms with Crippen molar-refractivity contribution in [3.8, 4) is 0 Å². The highest BCUT2D eigenvalue weighted by molar-refractivity contribution is 7.18. The molecule has 0 unspecified atom stereocenters. The van der Waals surface area contributed by atoms with Crippen molar-refractivity contribution in [3.05, 3.63) is 70.5 Å². The summed E-state index contributed by atoms with van der Waals surface area (Å²) in [7, 11) is 1.31. The van der Waals surface area contributed by atoms with Crippen LogP contribution in [0.25, 0.3) is 0 Å². The lowest BCUT2D eigenvalue weighted by molar-refractivity contribution is 0.0600. The maximum absolute atomic E-state index is 12.5. The van der Waals surface area contributed by atoms with Crippen LogP contribution in [-0.4, -0.2) is 24.9 Å². The quantitative estimate of drug-likeness (QED) is 0.649. The average molecular weight is 384 g/mol. The summed E-state index contributed by atoms with van der Waals surface area (Å²) in [4.78, 5) is 36.5. The van der Waals surface area contributed by atoms with Gasteiger partial charge in [0.05, 0.1) is 28.8 Å². The Balaban J connectivity index is 1.69. The molecule has 8 heteroatoms. The van der Waals surface area contributed by atoms with Gasteiger partial charge in [0, 0.05) is 5.69 Å². The number of nitrogens with one attached hydrogen (secondary N) is 2. The summed E-state index contributed by atoms with van der Waals surface area (Å²) in [5.74, 6) is -0.940. The third kappa shape index (κ3) is 4.24. The van der Waals surface area contributed by atoms with E-state index in [9.17, 15) is 14.4 Å². The molecule has 0 atom stereocenters. The van der Waals surface area contributed by atoms with E-state index in [1.165, 1.54) is 13.4 Å². The van der Waals surface area contributed by atoms with Crippen LogP contribution in [0.3, 0.4) is 0 Å². The van der Waals surface area contributed by atoms with E-state index in [-0.39, 0.29) is 17.6 Å². The fraction of sp³-hybridized carbons (Fsp3) is 0.105. The number of carbonyl (C=O) groups is 3. The van der Waals surface area contributed by atoms with Gasteiger partial charge in [-0.15, -0.1) is 11.3 Å². The normalized spacial score (nSPS) is 10.3. The molecule has 0 fully saturated rings. The molecular formula is C19H16N2O5S. The maximum Gasteiger partial charge on any atom is 0.337 e. The molecule has 138 valence electrons. The lowest BCUT2D eigenvalue weighted by Crippen LogP contribution is -2.11. The van der Waals surface area contributed by atoms with E-state index in [2.05, 4.69) is 15.4 Å². The molecule has 27 heavy (non-hydrogen) atoms. The number of hydrogen-bond acceptors (Lipinski definition) is 6. The number of carbonyl (C=O) groups excluding carboxylic acids is 3. The van der Waals surface area contributed by atoms with Crippen molar-refractivity contribution in [2.24, 2.45) is 0 Å². The van der Waals surface area contributed by atoms with Crippen molar-refractivity contribution in [2.75, 3.05) is 17.7 Å². The van der Waals surface area contributed by atoms with Crippen LogP contribution < -0.4 is 10.6 Å². The summed E-state index contributed by atoms with van der Waals surface area (Å²) in [6, 6.07) is 11.3. The molecule has 7 nitrogen and oxygen atoms in total. The van der Waals surface area contributed by atoms with E-state index in [1.807, 2.05) is 0 Å². The van der Waals surface area contributed by atoms with E-state index >= 15 is 0 Å². The molecule has 0 spiro atoms. The van der Waals surface area contributed by atoms with Crippen molar-refractivity contribution in [3.63, 3.8) is 0 Å². The number of anilines is 2. The lowest BCUT2D eigenvalue weighted by atomic mass is 10.2. The zero-order valence-corrected chi connectivity index (χ0v) is 15.4. The molecule has 3 aromatic rings. The first-order chi connectivity index (χ1) is 13.0. The Hall–Kier alpha value is -3.39. The van der Waals surface area contributed by atoms with Crippen molar-refractivity contribution in [1.29, 1.82) is 0 Å². The molecule has 0 aliphatic rings. The smallest absolute Gasteiger partial charge is 0.337 e. The standard InChI is InChI=1S/C19H16N2O5S/c1-11-10-15(21-17(22)14-4-3-9-26-14)27-16(11)18(23)20-13-7-5-12(6-8-13)19(24)25-2/h3-10H,1-2H3,(H,20,23)(H,21,22). The van der Waals surface area contributed by atoms with E-state index in [0.717, 1.165) is 16.9 Å². The SMILES string of the molecule is COC(=O)c1ccc(NC(=O)c2sc(NC(=O)c3ccco3)cc2C)cc1. The average Bonchev–Trinajstić information content (AvgIpc) is 3.31. The van der Waals surface area contributed by atoms with Crippen LogP contribution in [0.2, 0.25) is 0 Å². The number of thiophene rings is 1. The predicted octanol–water partition coefficient (Wildman–Crippen LogP) is 3.94. The molecule has 0 aliphatic carbocycles. The molecule has 2 heterocycles. The van der Waals surface area contributed by atoms with Crippen LogP contribution in [0.15, 0.2) is 53.1 Å². The minimum absolute atomic E-state index is 0.192. The fourth-order valence-corrected chi connectivity index (χ4v) is 3.31. The van der Waals surface area contributed by atoms with Gasteiger partial charge < -0.3 is 19.8 Å². The van der Waals surface area contributed by atoms with Gasteiger partial charge in [-0.1, -0.05) is 0 Å². The van der Waals surface area contributed by atoms with Gasteiger partial charge >= 0.3 is 5.97 Å². The van der Waals surface area contributed by atoms with Crippen LogP contribution >= 0.6 is 11.3 Å². The number of furan rings is 1. The number of rotatable bonds is 5. The monoisotopic (exact) mass is 384 g/mol. The van der Waals surface area contributed by atoms with Crippen LogP contribution in [0.1, 0.15) is 36.1 Å². The van der Waals surface area contributed by atoms with Gasteiger partial charge in [-0.2, -0.15) is 0 Å². The maximum atomic E-state index is 12.5. The number of esters is 1. The van der Waals surface area contributed by atoms with Gasteiger partial charge in [0.1, 0.15) is 0 Å². The number of aryl methyl sites for hydroxylation is 1. The molecule has 0 radical (unpaired) electrons. The molecular weight excluding hydrogens is 368 g/mol. The summed E-state index contributed by atoms with van der Waals surface area (Å²) in [5.41, 5.74) is 1.67. The van der Waals surface area contributed by atoms with Crippen molar-refractivity contribution >= 4 is 39.8 Å². The Kier molecular flexibility index (Phi) is 5.37. The van der Waals surface area contributed by atoms with Gasteiger partial charge in [0.2, 0.25) is 0 Å². The van der Waals surface area contributed by atoms with Crippen LogP contribution in [-0.2, 0) is 4.74 Å². The third-order valence-corrected chi connectivity index (χ3v) is 4.82. The molecule has 3 rings (SSSR count). The van der Waals surface area contributed by atoms with E-state index < -0.39 is 5.97 Å². The Labute approximate surface area is 159 Å².